The van der Waals surface area contributed by atoms with E-state index in [1.54, 1.807) is 25.1 Å². The molecule has 0 saturated heterocycles. The van der Waals surface area contributed by atoms with Crippen molar-refractivity contribution in [1.29, 1.82) is 0 Å². The van der Waals surface area contributed by atoms with Crippen LogP contribution in [0.4, 0.5) is 11.4 Å². The number of carbonyl (C=O) groups excluding carboxylic acids is 1. The topological polar surface area (TPSA) is 64.3 Å². The van der Waals surface area contributed by atoms with Gasteiger partial charge in [-0.15, -0.1) is 0 Å². The molecule has 1 rings (SSSR count). The minimum atomic E-state index is -0.0257. The van der Waals surface area contributed by atoms with Gasteiger partial charge in [0.15, 0.2) is 0 Å². The van der Waals surface area contributed by atoms with E-state index in [4.69, 9.17) is 10.5 Å². The first-order valence-corrected chi connectivity index (χ1v) is 4.99. The van der Waals surface area contributed by atoms with E-state index in [1.807, 2.05) is 6.92 Å². The van der Waals surface area contributed by atoms with E-state index in [2.05, 4.69) is 5.32 Å². The van der Waals surface area contributed by atoms with Crippen molar-refractivity contribution in [1.82, 2.24) is 0 Å². The molecule has 0 unspecified atom stereocenters. The van der Waals surface area contributed by atoms with Crippen molar-refractivity contribution in [2.75, 3.05) is 17.7 Å². The third-order valence-electron chi connectivity index (χ3n) is 1.92. The van der Waals surface area contributed by atoms with Crippen molar-refractivity contribution < 1.29 is 9.53 Å². The lowest BCUT2D eigenvalue weighted by Crippen LogP contribution is -2.09. The van der Waals surface area contributed by atoms with Crippen LogP contribution >= 0.6 is 0 Å². The van der Waals surface area contributed by atoms with Crippen molar-refractivity contribution in [2.24, 2.45) is 0 Å². The first kappa shape index (κ1) is 11.4. The van der Waals surface area contributed by atoms with Crippen molar-refractivity contribution in [2.45, 2.75) is 20.3 Å². The summed E-state index contributed by atoms with van der Waals surface area (Å²) in [6.45, 7) is 4.24. The first-order chi connectivity index (χ1) is 7.17. The number of anilines is 2. The number of benzene rings is 1. The van der Waals surface area contributed by atoms with E-state index in [0.29, 0.717) is 30.2 Å². The lowest BCUT2D eigenvalue weighted by atomic mass is 10.2. The summed E-state index contributed by atoms with van der Waals surface area (Å²) in [4.78, 5) is 11.2. The average molecular weight is 208 g/mol. The van der Waals surface area contributed by atoms with Gasteiger partial charge in [0.25, 0.3) is 0 Å². The van der Waals surface area contributed by atoms with Crippen LogP contribution in [0.5, 0.6) is 5.75 Å². The lowest BCUT2D eigenvalue weighted by Gasteiger charge is -2.09. The SMILES string of the molecule is CCOc1cc(NC(=O)CC)ccc1N. The Morgan fingerprint density at radius 3 is 2.80 bits per heavy atom. The van der Waals surface area contributed by atoms with Crippen LogP contribution in [0.2, 0.25) is 0 Å². The van der Waals surface area contributed by atoms with E-state index in [-0.39, 0.29) is 5.91 Å². The minimum Gasteiger partial charge on any atom is -0.492 e. The van der Waals surface area contributed by atoms with Gasteiger partial charge in [0.2, 0.25) is 5.91 Å². The molecule has 0 aromatic heterocycles. The van der Waals surface area contributed by atoms with Crippen molar-refractivity contribution in [3.8, 4) is 5.75 Å². The predicted octanol–water partition coefficient (Wildman–Crippen LogP) is 2.02. The van der Waals surface area contributed by atoms with Crippen LogP contribution in [0.25, 0.3) is 0 Å². The van der Waals surface area contributed by atoms with Crippen molar-refractivity contribution >= 4 is 17.3 Å². The molecule has 1 aromatic rings. The van der Waals surface area contributed by atoms with Crippen LogP contribution in [-0.4, -0.2) is 12.5 Å². The van der Waals surface area contributed by atoms with Gasteiger partial charge in [-0.25, -0.2) is 0 Å². The highest BCUT2D eigenvalue weighted by atomic mass is 16.5. The monoisotopic (exact) mass is 208 g/mol. The predicted molar refractivity (Wildman–Crippen MR) is 60.9 cm³/mol. The van der Waals surface area contributed by atoms with Gasteiger partial charge < -0.3 is 15.8 Å². The zero-order valence-electron chi connectivity index (χ0n) is 9.04. The summed E-state index contributed by atoms with van der Waals surface area (Å²) in [5.74, 6) is 0.577. The number of nitrogens with two attached hydrogens (primary N) is 1. The highest BCUT2D eigenvalue weighted by Crippen LogP contribution is 2.25. The molecule has 82 valence electrons. The number of nitrogens with one attached hydrogen (secondary N) is 1. The highest BCUT2D eigenvalue weighted by molar-refractivity contribution is 5.91. The molecule has 1 amide bonds. The normalized spacial score (nSPS) is 9.73. The van der Waals surface area contributed by atoms with E-state index in [9.17, 15) is 4.79 Å². The number of rotatable bonds is 4. The maximum atomic E-state index is 11.2. The van der Waals surface area contributed by atoms with Gasteiger partial charge >= 0.3 is 0 Å². The van der Waals surface area contributed by atoms with E-state index < -0.39 is 0 Å². The summed E-state index contributed by atoms with van der Waals surface area (Å²) in [5, 5.41) is 2.74. The number of amides is 1. The summed E-state index contributed by atoms with van der Waals surface area (Å²) < 4.78 is 5.32. The van der Waals surface area contributed by atoms with Gasteiger partial charge in [0, 0.05) is 18.2 Å². The molecule has 0 saturated carbocycles. The fourth-order valence-corrected chi connectivity index (χ4v) is 1.14. The summed E-state index contributed by atoms with van der Waals surface area (Å²) in [5.41, 5.74) is 6.98. The van der Waals surface area contributed by atoms with Crippen LogP contribution < -0.4 is 15.8 Å². The molecule has 0 heterocycles. The molecule has 0 aliphatic rings. The minimum absolute atomic E-state index is 0.0257. The van der Waals surface area contributed by atoms with Gasteiger partial charge in [-0.05, 0) is 19.1 Å². The average Bonchev–Trinajstić information content (AvgIpc) is 2.23. The molecule has 4 heteroatoms. The van der Waals surface area contributed by atoms with Gasteiger partial charge in [0.05, 0.1) is 12.3 Å². The van der Waals surface area contributed by atoms with E-state index >= 15 is 0 Å². The molecule has 0 spiro atoms. The Labute approximate surface area is 89.4 Å². The number of carbonyl (C=O) groups is 1. The molecular formula is C11H16N2O2. The molecule has 0 bridgehead atoms. The molecule has 4 nitrogen and oxygen atoms in total. The summed E-state index contributed by atoms with van der Waals surface area (Å²) in [6, 6.07) is 5.20. The molecule has 0 fully saturated rings. The second-order valence-corrected chi connectivity index (χ2v) is 3.09. The summed E-state index contributed by atoms with van der Waals surface area (Å²) >= 11 is 0. The third-order valence-corrected chi connectivity index (χ3v) is 1.92. The smallest absolute Gasteiger partial charge is 0.224 e. The molecule has 0 aliphatic carbocycles. The Balaban J connectivity index is 2.82. The van der Waals surface area contributed by atoms with Gasteiger partial charge in [-0.1, -0.05) is 6.92 Å². The number of hydrogen-bond acceptors (Lipinski definition) is 3. The van der Waals surface area contributed by atoms with Crippen LogP contribution in [0.1, 0.15) is 20.3 Å². The molecule has 0 aliphatic heterocycles. The fourth-order valence-electron chi connectivity index (χ4n) is 1.14. The zero-order valence-corrected chi connectivity index (χ0v) is 9.04. The second-order valence-electron chi connectivity index (χ2n) is 3.09. The largest absolute Gasteiger partial charge is 0.492 e. The number of nitrogen functional groups attached to an aromatic ring is 1. The van der Waals surface area contributed by atoms with Crippen LogP contribution in [0, 0.1) is 0 Å². The molecular weight excluding hydrogens is 192 g/mol. The van der Waals surface area contributed by atoms with E-state index in [1.165, 1.54) is 0 Å². The quantitative estimate of drug-likeness (QED) is 0.744. The van der Waals surface area contributed by atoms with Crippen molar-refractivity contribution in [3.63, 3.8) is 0 Å². The Hall–Kier alpha value is -1.71. The van der Waals surface area contributed by atoms with Crippen LogP contribution in [-0.2, 0) is 4.79 Å². The molecule has 1 aromatic carbocycles. The third kappa shape index (κ3) is 3.16. The summed E-state index contributed by atoms with van der Waals surface area (Å²) in [6.07, 6.45) is 0.453. The molecule has 15 heavy (non-hydrogen) atoms. The number of ether oxygens (including phenoxy) is 1. The summed E-state index contributed by atoms with van der Waals surface area (Å²) in [7, 11) is 0. The fraction of sp³-hybridized carbons (Fsp3) is 0.364. The maximum absolute atomic E-state index is 11.2. The molecule has 0 radical (unpaired) electrons. The van der Waals surface area contributed by atoms with Gasteiger partial charge in [0.1, 0.15) is 5.75 Å². The maximum Gasteiger partial charge on any atom is 0.224 e. The highest BCUT2D eigenvalue weighted by Gasteiger charge is 2.03. The Bertz CT molecular complexity index is 350. The Morgan fingerprint density at radius 1 is 1.47 bits per heavy atom. The van der Waals surface area contributed by atoms with Crippen LogP contribution in [0.3, 0.4) is 0 Å². The number of hydrogen-bond donors (Lipinski definition) is 2. The standard InChI is InChI=1S/C11H16N2O2/c1-3-11(14)13-8-5-6-9(12)10(7-8)15-4-2/h5-7H,3-4,12H2,1-2H3,(H,13,14). The lowest BCUT2D eigenvalue weighted by molar-refractivity contribution is -0.115. The molecule has 3 N–H and O–H groups in total. The van der Waals surface area contributed by atoms with Gasteiger partial charge in [-0.3, -0.25) is 4.79 Å². The van der Waals surface area contributed by atoms with E-state index in [0.717, 1.165) is 0 Å². The van der Waals surface area contributed by atoms with Crippen LogP contribution in [0.15, 0.2) is 18.2 Å². The second kappa shape index (κ2) is 5.24. The molecule has 0 atom stereocenters. The first-order valence-electron chi connectivity index (χ1n) is 4.99. The van der Waals surface area contributed by atoms with Crippen molar-refractivity contribution in [3.05, 3.63) is 18.2 Å². The zero-order chi connectivity index (χ0) is 11.3. The Kier molecular flexibility index (Phi) is 3.97. The Morgan fingerprint density at radius 2 is 2.20 bits per heavy atom. The van der Waals surface area contributed by atoms with Gasteiger partial charge in [-0.2, -0.15) is 0 Å².